The number of phenols is 1. The highest BCUT2D eigenvalue weighted by Crippen LogP contribution is 2.35. The Bertz CT molecular complexity index is 642. The molecule has 1 aliphatic rings. The van der Waals surface area contributed by atoms with Crippen LogP contribution < -0.4 is 4.74 Å². The van der Waals surface area contributed by atoms with Crippen molar-refractivity contribution in [1.29, 1.82) is 0 Å². The third kappa shape index (κ3) is 3.21. The first kappa shape index (κ1) is 15.2. The molecule has 2 aromatic rings. The van der Waals surface area contributed by atoms with E-state index in [-0.39, 0.29) is 5.75 Å². The largest absolute Gasteiger partial charge is 0.504 e. The van der Waals surface area contributed by atoms with Crippen LogP contribution in [-0.2, 0) is 6.54 Å². The molecular weight excluding hydrogens is 298 g/mol. The fourth-order valence-electron chi connectivity index (χ4n) is 3.13. The highest BCUT2D eigenvalue weighted by atomic mass is 35.5. The maximum absolute atomic E-state index is 9.70. The number of nitrogens with zero attached hydrogens (tertiary/aromatic N) is 1. The fourth-order valence-corrected chi connectivity index (χ4v) is 3.26. The summed E-state index contributed by atoms with van der Waals surface area (Å²) in [5, 5.41) is 10.5. The van der Waals surface area contributed by atoms with E-state index >= 15 is 0 Å². The summed E-state index contributed by atoms with van der Waals surface area (Å²) in [6, 6.07) is 14.1. The zero-order valence-electron chi connectivity index (χ0n) is 12.6. The van der Waals surface area contributed by atoms with Gasteiger partial charge in [0.1, 0.15) is 0 Å². The van der Waals surface area contributed by atoms with Gasteiger partial charge in [0.25, 0.3) is 0 Å². The van der Waals surface area contributed by atoms with Gasteiger partial charge in [-0.2, -0.15) is 0 Å². The van der Waals surface area contributed by atoms with E-state index in [0.29, 0.717) is 11.8 Å². The molecule has 1 heterocycles. The van der Waals surface area contributed by atoms with Crippen LogP contribution in [0.15, 0.2) is 42.5 Å². The minimum absolute atomic E-state index is 0.182. The van der Waals surface area contributed by atoms with E-state index in [0.717, 1.165) is 30.1 Å². The summed E-state index contributed by atoms with van der Waals surface area (Å²) in [5.41, 5.74) is 2.46. The second kappa shape index (κ2) is 6.59. The highest BCUT2D eigenvalue weighted by Gasteiger charge is 2.26. The summed E-state index contributed by atoms with van der Waals surface area (Å²) in [7, 11) is 1.57. The Balaban J connectivity index is 1.77. The number of aromatic hydroxyl groups is 1. The summed E-state index contributed by atoms with van der Waals surface area (Å²) >= 11 is 5.98. The van der Waals surface area contributed by atoms with Gasteiger partial charge in [-0.1, -0.05) is 29.8 Å². The summed E-state index contributed by atoms with van der Waals surface area (Å²) < 4.78 is 5.19. The highest BCUT2D eigenvalue weighted by molar-refractivity contribution is 6.30. The van der Waals surface area contributed by atoms with Crippen LogP contribution in [0.2, 0.25) is 5.02 Å². The van der Waals surface area contributed by atoms with Gasteiger partial charge in [0.05, 0.1) is 7.11 Å². The quantitative estimate of drug-likeness (QED) is 0.907. The van der Waals surface area contributed by atoms with Crippen molar-refractivity contribution in [3.05, 3.63) is 58.6 Å². The molecule has 1 fully saturated rings. The number of hydrogen-bond acceptors (Lipinski definition) is 3. The first-order valence-electron chi connectivity index (χ1n) is 7.53. The molecule has 0 unspecified atom stereocenters. The van der Waals surface area contributed by atoms with Crippen LogP contribution in [0.4, 0.5) is 0 Å². The van der Waals surface area contributed by atoms with Crippen LogP contribution in [0.1, 0.15) is 30.0 Å². The third-order valence-electron chi connectivity index (χ3n) is 4.25. The molecule has 2 aromatic carbocycles. The SMILES string of the molecule is COc1cc(CN2CCC[C@@H]2c2ccc(Cl)cc2)ccc1O. The van der Waals surface area contributed by atoms with E-state index < -0.39 is 0 Å². The van der Waals surface area contributed by atoms with E-state index in [1.165, 1.54) is 12.0 Å². The molecule has 1 saturated heterocycles. The molecule has 0 saturated carbocycles. The predicted molar refractivity (Wildman–Crippen MR) is 88.5 cm³/mol. The number of benzene rings is 2. The Morgan fingerprint density at radius 2 is 2.00 bits per heavy atom. The molecule has 1 aliphatic heterocycles. The Morgan fingerprint density at radius 1 is 1.23 bits per heavy atom. The second-order valence-corrected chi connectivity index (χ2v) is 6.12. The normalized spacial score (nSPS) is 18.5. The lowest BCUT2D eigenvalue weighted by Gasteiger charge is -2.25. The van der Waals surface area contributed by atoms with Gasteiger partial charge in [0.2, 0.25) is 0 Å². The number of methoxy groups -OCH3 is 1. The molecule has 3 nitrogen and oxygen atoms in total. The van der Waals surface area contributed by atoms with Crippen LogP contribution in [0.5, 0.6) is 11.5 Å². The zero-order valence-corrected chi connectivity index (χ0v) is 13.4. The Morgan fingerprint density at radius 3 is 2.73 bits per heavy atom. The average Bonchev–Trinajstić information content (AvgIpc) is 2.98. The van der Waals surface area contributed by atoms with Gasteiger partial charge >= 0.3 is 0 Å². The third-order valence-corrected chi connectivity index (χ3v) is 4.50. The van der Waals surface area contributed by atoms with E-state index in [4.69, 9.17) is 16.3 Å². The molecule has 0 spiro atoms. The lowest BCUT2D eigenvalue weighted by atomic mass is 10.0. The van der Waals surface area contributed by atoms with Crippen LogP contribution >= 0.6 is 11.6 Å². The van der Waals surface area contributed by atoms with Crippen molar-refractivity contribution in [2.24, 2.45) is 0 Å². The van der Waals surface area contributed by atoms with Gasteiger partial charge in [-0.15, -0.1) is 0 Å². The molecule has 1 atom stereocenters. The van der Waals surface area contributed by atoms with Crippen molar-refractivity contribution in [2.75, 3.05) is 13.7 Å². The van der Waals surface area contributed by atoms with E-state index in [2.05, 4.69) is 17.0 Å². The van der Waals surface area contributed by atoms with Crippen LogP contribution in [-0.4, -0.2) is 23.7 Å². The van der Waals surface area contributed by atoms with Crippen molar-refractivity contribution in [2.45, 2.75) is 25.4 Å². The molecule has 0 aromatic heterocycles. The summed E-state index contributed by atoms with van der Waals surface area (Å²) in [6.07, 6.45) is 2.36. The van der Waals surface area contributed by atoms with Gasteiger partial charge in [0, 0.05) is 17.6 Å². The molecule has 4 heteroatoms. The number of phenolic OH excluding ortho intramolecular Hbond substituents is 1. The number of halogens is 1. The van der Waals surface area contributed by atoms with Crippen LogP contribution in [0.3, 0.4) is 0 Å². The monoisotopic (exact) mass is 317 g/mol. The number of ether oxygens (including phenoxy) is 1. The maximum atomic E-state index is 9.70. The molecule has 1 N–H and O–H groups in total. The van der Waals surface area contributed by atoms with Gasteiger partial charge in [-0.05, 0) is 54.8 Å². The molecule has 0 radical (unpaired) electrons. The Kier molecular flexibility index (Phi) is 4.55. The smallest absolute Gasteiger partial charge is 0.160 e. The van der Waals surface area contributed by atoms with E-state index in [1.807, 2.05) is 24.3 Å². The molecular formula is C18H20ClNO2. The summed E-state index contributed by atoms with van der Waals surface area (Å²) in [6.45, 7) is 1.93. The Labute approximate surface area is 136 Å². The number of rotatable bonds is 4. The van der Waals surface area contributed by atoms with Crippen molar-refractivity contribution in [3.63, 3.8) is 0 Å². The van der Waals surface area contributed by atoms with Crippen molar-refractivity contribution < 1.29 is 9.84 Å². The van der Waals surface area contributed by atoms with Crippen molar-refractivity contribution in [3.8, 4) is 11.5 Å². The van der Waals surface area contributed by atoms with Crippen LogP contribution in [0.25, 0.3) is 0 Å². The fraction of sp³-hybridized carbons (Fsp3) is 0.333. The molecule has 0 bridgehead atoms. The minimum Gasteiger partial charge on any atom is -0.504 e. The molecule has 3 rings (SSSR count). The summed E-state index contributed by atoms with van der Waals surface area (Å²) in [4.78, 5) is 2.47. The van der Waals surface area contributed by atoms with Gasteiger partial charge in [-0.3, -0.25) is 4.90 Å². The predicted octanol–water partition coefficient (Wildman–Crippen LogP) is 4.39. The van der Waals surface area contributed by atoms with Crippen molar-refractivity contribution in [1.82, 2.24) is 4.90 Å². The Hall–Kier alpha value is -1.71. The lowest BCUT2D eigenvalue weighted by Crippen LogP contribution is -2.22. The minimum atomic E-state index is 0.182. The topological polar surface area (TPSA) is 32.7 Å². The van der Waals surface area contributed by atoms with Crippen LogP contribution in [0, 0.1) is 0 Å². The first-order valence-corrected chi connectivity index (χ1v) is 7.90. The number of hydrogen-bond donors (Lipinski definition) is 1. The first-order chi connectivity index (χ1) is 10.7. The molecule has 116 valence electrons. The molecule has 22 heavy (non-hydrogen) atoms. The standard InChI is InChI=1S/C18H20ClNO2/c1-22-18-11-13(4-9-17(18)21)12-20-10-2-3-16(20)14-5-7-15(19)8-6-14/h4-9,11,16,21H,2-3,10,12H2,1H3/t16-/m1/s1. The van der Waals surface area contributed by atoms with E-state index in [9.17, 15) is 5.11 Å². The van der Waals surface area contributed by atoms with Gasteiger partial charge < -0.3 is 9.84 Å². The van der Waals surface area contributed by atoms with Gasteiger partial charge in [0.15, 0.2) is 11.5 Å². The number of likely N-dealkylation sites (tertiary alicyclic amines) is 1. The zero-order chi connectivity index (χ0) is 15.5. The lowest BCUT2D eigenvalue weighted by molar-refractivity contribution is 0.248. The second-order valence-electron chi connectivity index (χ2n) is 5.69. The molecule has 0 aliphatic carbocycles. The molecule has 0 amide bonds. The maximum Gasteiger partial charge on any atom is 0.160 e. The summed E-state index contributed by atoms with van der Waals surface area (Å²) in [5.74, 6) is 0.710. The van der Waals surface area contributed by atoms with E-state index in [1.54, 1.807) is 13.2 Å². The average molecular weight is 318 g/mol. The van der Waals surface area contributed by atoms with Gasteiger partial charge in [-0.25, -0.2) is 0 Å². The van der Waals surface area contributed by atoms with Crippen molar-refractivity contribution >= 4 is 11.6 Å².